The van der Waals surface area contributed by atoms with Gasteiger partial charge in [-0.2, -0.15) is 5.26 Å². The summed E-state index contributed by atoms with van der Waals surface area (Å²) in [6.45, 7) is -0.691. The highest BCUT2D eigenvalue weighted by Gasteiger charge is 2.52. The number of methoxy groups -OCH3 is 1. The molecule has 0 unspecified atom stereocenters. The second kappa shape index (κ2) is 12.8. The number of nitrogens with zero attached hydrogens (tertiary/aromatic N) is 5. The second-order valence-corrected chi connectivity index (χ2v) is 10.6. The first kappa shape index (κ1) is 30.6. The van der Waals surface area contributed by atoms with Crippen LogP contribution >= 0.6 is 0 Å². The van der Waals surface area contributed by atoms with Gasteiger partial charge in [0.1, 0.15) is 30.0 Å². The van der Waals surface area contributed by atoms with E-state index in [4.69, 9.17) is 9.47 Å². The molecule has 43 heavy (non-hydrogen) atoms. The Morgan fingerprint density at radius 1 is 1.19 bits per heavy atom. The molecule has 1 saturated heterocycles. The summed E-state index contributed by atoms with van der Waals surface area (Å²) in [7, 11) is 1.28. The van der Waals surface area contributed by atoms with Crippen LogP contribution in [0.3, 0.4) is 0 Å². The first-order chi connectivity index (χ1) is 20.7. The van der Waals surface area contributed by atoms with Crippen LogP contribution in [0.5, 0.6) is 0 Å². The molecule has 2 fully saturated rings. The highest BCUT2D eigenvalue weighted by molar-refractivity contribution is 5.98. The van der Waals surface area contributed by atoms with Gasteiger partial charge in [0.05, 0.1) is 36.6 Å². The van der Waals surface area contributed by atoms with E-state index in [1.54, 1.807) is 18.2 Å². The molecular weight excluding hydrogens is 571 g/mol. The van der Waals surface area contributed by atoms with Gasteiger partial charge < -0.3 is 29.7 Å². The van der Waals surface area contributed by atoms with E-state index in [-0.39, 0.29) is 11.3 Å². The quantitative estimate of drug-likeness (QED) is 0.346. The molecule has 1 amide bonds. The van der Waals surface area contributed by atoms with Crippen molar-refractivity contribution in [3.05, 3.63) is 65.6 Å². The molecule has 228 valence electrons. The lowest BCUT2D eigenvalue weighted by Gasteiger charge is -2.46. The maximum absolute atomic E-state index is 14.4. The van der Waals surface area contributed by atoms with E-state index in [2.05, 4.69) is 10.3 Å². The number of carbonyl (C=O) groups is 1. The zero-order valence-corrected chi connectivity index (χ0v) is 23.1. The summed E-state index contributed by atoms with van der Waals surface area (Å²) >= 11 is 0. The van der Waals surface area contributed by atoms with E-state index < -0.39 is 72.6 Å². The molecule has 11 nitrogen and oxygen atoms in total. The number of amides is 1. The van der Waals surface area contributed by atoms with Crippen LogP contribution in [0.25, 0.3) is 11.3 Å². The van der Waals surface area contributed by atoms with Crippen LogP contribution in [0.15, 0.2) is 42.6 Å². The van der Waals surface area contributed by atoms with Crippen molar-refractivity contribution in [1.29, 1.82) is 5.26 Å². The molecule has 1 aromatic heterocycles. The van der Waals surface area contributed by atoms with E-state index >= 15 is 0 Å². The Hall–Kier alpha value is -3.87. The Morgan fingerprint density at radius 3 is 2.56 bits per heavy atom. The number of ether oxygens (including phenoxy) is 2. The molecule has 1 aliphatic heterocycles. The van der Waals surface area contributed by atoms with Gasteiger partial charge in [0.15, 0.2) is 23.6 Å². The summed E-state index contributed by atoms with van der Waals surface area (Å²) in [5, 5.41) is 49.6. The van der Waals surface area contributed by atoms with Gasteiger partial charge in [0.2, 0.25) is 0 Å². The largest absolute Gasteiger partial charge is 0.394 e. The zero-order valence-electron chi connectivity index (χ0n) is 23.1. The number of rotatable bonds is 7. The molecular formula is C29H30F3N5O6. The number of hydrogen-bond donors (Lipinski definition) is 3. The number of aliphatic hydroxyl groups is 3. The SMILES string of the molecule is CO[C@@H]1[C@@H](n2cc(-c3cc(F)c(F)c(F)c3)nn2)[C@@H](O)[C@@H](CO)O[C@H]1C(=O)N(c1cccc(C#N)c1)[C@H]1CCCC[C@@H]1O. The summed E-state index contributed by atoms with van der Waals surface area (Å²) in [6.07, 6.45) is -2.62. The zero-order chi connectivity index (χ0) is 30.8. The minimum Gasteiger partial charge on any atom is -0.394 e. The molecule has 2 aliphatic rings. The molecule has 3 aromatic rings. The first-order valence-corrected chi connectivity index (χ1v) is 13.7. The molecule has 2 heterocycles. The molecule has 7 atom stereocenters. The summed E-state index contributed by atoms with van der Waals surface area (Å²) in [6, 6.07) is 8.02. The fraction of sp³-hybridized carbons (Fsp3) is 0.448. The van der Waals surface area contributed by atoms with Crippen molar-refractivity contribution in [3.63, 3.8) is 0 Å². The molecule has 3 N–H and O–H groups in total. The molecule has 1 saturated carbocycles. The minimum absolute atomic E-state index is 0.0601. The van der Waals surface area contributed by atoms with Crippen molar-refractivity contribution in [2.45, 2.75) is 68.3 Å². The Balaban J connectivity index is 1.54. The standard InChI is InChI=1S/C29H30F3N5O6/c1-42-27-25(36-13-20(34-35-36)16-10-18(30)24(32)19(31)11-16)26(40)23(14-38)43-28(27)29(41)37(21-7-2-3-8-22(21)39)17-6-4-5-15(9-17)12-33/h4-6,9-11,13,21-23,25-28,38-40H,2-3,7-8,14H2,1H3/t21-,22-,23+,25-,26-,27+,28+/m0/s1. The van der Waals surface area contributed by atoms with E-state index in [0.717, 1.165) is 29.7 Å². The number of hydrogen-bond acceptors (Lipinski definition) is 9. The molecule has 2 aromatic carbocycles. The van der Waals surface area contributed by atoms with E-state index in [0.29, 0.717) is 24.1 Å². The molecule has 0 spiro atoms. The molecule has 5 rings (SSSR count). The third-order valence-corrected chi connectivity index (χ3v) is 7.99. The highest BCUT2D eigenvalue weighted by Crippen LogP contribution is 2.36. The van der Waals surface area contributed by atoms with Gasteiger partial charge in [-0.3, -0.25) is 4.79 Å². The second-order valence-electron chi connectivity index (χ2n) is 10.6. The number of anilines is 1. The maximum Gasteiger partial charge on any atom is 0.259 e. The predicted octanol–water partition coefficient (Wildman–Crippen LogP) is 2.25. The van der Waals surface area contributed by atoms with Crippen molar-refractivity contribution in [3.8, 4) is 17.3 Å². The van der Waals surface area contributed by atoms with Crippen molar-refractivity contribution >= 4 is 11.6 Å². The Bertz CT molecular complexity index is 1490. The van der Waals surface area contributed by atoms with Crippen molar-refractivity contribution in [2.24, 2.45) is 0 Å². The average Bonchev–Trinajstić information content (AvgIpc) is 3.50. The topological polar surface area (TPSA) is 154 Å². The number of benzene rings is 2. The normalized spacial score (nSPS) is 27.4. The number of aliphatic hydroxyl groups excluding tert-OH is 3. The third-order valence-electron chi connectivity index (χ3n) is 7.99. The number of nitriles is 1. The summed E-state index contributed by atoms with van der Waals surface area (Å²) in [5.41, 5.74) is 0.452. The summed E-state index contributed by atoms with van der Waals surface area (Å²) in [5.74, 6) is -5.15. The van der Waals surface area contributed by atoms with Gasteiger partial charge in [-0.25, -0.2) is 17.9 Å². The van der Waals surface area contributed by atoms with Crippen molar-refractivity contribution in [2.75, 3.05) is 18.6 Å². The van der Waals surface area contributed by atoms with Gasteiger partial charge in [-0.05, 0) is 43.2 Å². The van der Waals surface area contributed by atoms with Crippen LogP contribution in [-0.4, -0.2) is 86.5 Å². The van der Waals surface area contributed by atoms with Gasteiger partial charge in [-0.1, -0.05) is 24.1 Å². The predicted molar refractivity (Wildman–Crippen MR) is 144 cm³/mol. The van der Waals surface area contributed by atoms with Gasteiger partial charge in [0.25, 0.3) is 5.91 Å². The van der Waals surface area contributed by atoms with Gasteiger partial charge >= 0.3 is 0 Å². The summed E-state index contributed by atoms with van der Waals surface area (Å²) in [4.78, 5) is 15.8. The van der Waals surface area contributed by atoms with Crippen LogP contribution in [0.2, 0.25) is 0 Å². The highest BCUT2D eigenvalue weighted by atomic mass is 19.2. The van der Waals surface area contributed by atoms with Crippen LogP contribution < -0.4 is 4.90 Å². The molecule has 0 radical (unpaired) electrons. The van der Waals surface area contributed by atoms with Gasteiger partial charge in [0, 0.05) is 18.4 Å². The van der Waals surface area contributed by atoms with Crippen LogP contribution in [0.4, 0.5) is 18.9 Å². The van der Waals surface area contributed by atoms with Crippen LogP contribution in [-0.2, 0) is 14.3 Å². The van der Waals surface area contributed by atoms with Crippen molar-refractivity contribution in [1.82, 2.24) is 15.0 Å². The average molecular weight is 602 g/mol. The fourth-order valence-electron chi connectivity index (χ4n) is 5.85. The smallest absolute Gasteiger partial charge is 0.259 e. The first-order valence-electron chi connectivity index (χ1n) is 13.7. The lowest BCUT2D eigenvalue weighted by molar-refractivity contribution is -0.211. The fourth-order valence-corrected chi connectivity index (χ4v) is 5.85. The van der Waals surface area contributed by atoms with E-state index in [9.17, 15) is 38.5 Å². The Kier molecular flexibility index (Phi) is 9.09. The summed E-state index contributed by atoms with van der Waals surface area (Å²) < 4.78 is 54.0. The number of aromatic nitrogens is 3. The number of carbonyl (C=O) groups excluding carboxylic acids is 1. The number of halogens is 3. The molecule has 0 bridgehead atoms. The Morgan fingerprint density at radius 2 is 1.91 bits per heavy atom. The lowest BCUT2D eigenvalue weighted by Crippen LogP contribution is -2.63. The Labute approximate surface area is 244 Å². The van der Waals surface area contributed by atoms with Crippen LogP contribution in [0.1, 0.15) is 37.3 Å². The van der Waals surface area contributed by atoms with Gasteiger partial charge in [-0.15, -0.1) is 5.10 Å². The molecule has 1 aliphatic carbocycles. The monoisotopic (exact) mass is 601 g/mol. The van der Waals surface area contributed by atoms with Crippen LogP contribution in [0, 0.1) is 28.8 Å². The minimum atomic E-state index is -1.64. The lowest BCUT2D eigenvalue weighted by atomic mass is 9.88. The van der Waals surface area contributed by atoms with E-state index in [1.165, 1.54) is 24.3 Å². The third kappa shape index (κ3) is 5.86. The van der Waals surface area contributed by atoms with Crippen molar-refractivity contribution < 1.29 is 42.8 Å². The molecule has 14 heteroatoms. The maximum atomic E-state index is 14.4. The van der Waals surface area contributed by atoms with E-state index in [1.807, 2.05) is 6.07 Å².